The summed E-state index contributed by atoms with van der Waals surface area (Å²) >= 11 is 0. The molecule has 0 saturated carbocycles. The molecule has 2 saturated heterocycles. The Morgan fingerprint density at radius 3 is 2.25 bits per heavy atom. The Hall–Kier alpha value is -4.79. The van der Waals surface area contributed by atoms with Gasteiger partial charge in [-0.05, 0) is 35.9 Å². The third-order valence-electron chi connectivity index (χ3n) is 7.04. The van der Waals surface area contributed by atoms with Crippen molar-refractivity contribution < 1.29 is 19.3 Å². The maximum Gasteiger partial charge on any atom is 0.269 e. The molecule has 9 heteroatoms. The number of para-hydroxylation sites is 2. The third-order valence-corrected chi connectivity index (χ3v) is 7.04. The highest BCUT2D eigenvalue weighted by Crippen LogP contribution is 2.49. The van der Waals surface area contributed by atoms with Crippen molar-refractivity contribution in [2.24, 2.45) is 11.8 Å². The summed E-state index contributed by atoms with van der Waals surface area (Å²) in [5.74, 6) is -2.82. The first-order chi connectivity index (χ1) is 17.5. The minimum absolute atomic E-state index is 0.0980. The number of carbonyl (C=O) groups excluding carboxylic acids is 3. The largest absolute Gasteiger partial charge is 0.351 e. The first-order valence-electron chi connectivity index (χ1n) is 11.5. The zero-order valence-electron chi connectivity index (χ0n) is 18.9. The van der Waals surface area contributed by atoms with E-state index in [1.54, 1.807) is 30.3 Å². The van der Waals surface area contributed by atoms with Gasteiger partial charge in [-0.25, -0.2) is 4.90 Å². The van der Waals surface area contributed by atoms with E-state index in [-0.39, 0.29) is 11.6 Å². The predicted octanol–water partition coefficient (Wildman–Crippen LogP) is 3.62. The lowest BCUT2D eigenvalue weighted by Gasteiger charge is -2.36. The van der Waals surface area contributed by atoms with E-state index in [1.807, 2.05) is 41.3 Å². The summed E-state index contributed by atoms with van der Waals surface area (Å²) in [6.45, 7) is 0. The number of nitro benzene ring substituents is 1. The fourth-order valence-corrected chi connectivity index (χ4v) is 5.53. The van der Waals surface area contributed by atoms with Crippen LogP contribution in [0, 0.1) is 22.0 Å². The minimum atomic E-state index is -0.952. The van der Waals surface area contributed by atoms with Crippen molar-refractivity contribution in [3.63, 3.8) is 0 Å². The predicted molar refractivity (Wildman–Crippen MR) is 133 cm³/mol. The van der Waals surface area contributed by atoms with Crippen molar-refractivity contribution in [1.29, 1.82) is 0 Å². The summed E-state index contributed by atoms with van der Waals surface area (Å²) in [6.07, 6.45) is 3.81. The normalized spacial score (nSPS) is 23.8. The minimum Gasteiger partial charge on any atom is -0.351 e. The number of rotatable bonds is 4. The molecular weight excluding hydrogens is 460 g/mol. The second-order valence-corrected chi connectivity index (χ2v) is 8.95. The second-order valence-electron chi connectivity index (χ2n) is 8.95. The lowest BCUT2D eigenvalue weighted by Crippen LogP contribution is -2.50. The van der Waals surface area contributed by atoms with Gasteiger partial charge in [-0.1, -0.05) is 48.6 Å². The highest BCUT2D eigenvalue weighted by Gasteiger charge is 2.64. The summed E-state index contributed by atoms with van der Waals surface area (Å²) in [6, 6.07) is 20.3. The molecule has 3 aliphatic rings. The van der Waals surface area contributed by atoms with E-state index in [9.17, 15) is 24.5 Å². The van der Waals surface area contributed by atoms with Crippen LogP contribution in [-0.4, -0.2) is 34.7 Å². The van der Waals surface area contributed by atoms with Gasteiger partial charge in [0, 0.05) is 23.5 Å². The molecule has 36 heavy (non-hydrogen) atoms. The summed E-state index contributed by atoms with van der Waals surface area (Å²) in [7, 11) is 0. The van der Waals surface area contributed by atoms with E-state index in [2.05, 4.69) is 5.32 Å². The molecule has 0 radical (unpaired) electrons. The molecule has 4 unspecified atom stereocenters. The Labute approximate surface area is 205 Å². The van der Waals surface area contributed by atoms with E-state index < -0.39 is 40.7 Å². The Bertz CT molecular complexity index is 1440. The molecule has 9 nitrogen and oxygen atoms in total. The molecule has 3 amide bonds. The Morgan fingerprint density at radius 1 is 0.861 bits per heavy atom. The van der Waals surface area contributed by atoms with Crippen LogP contribution < -0.4 is 15.1 Å². The maximum absolute atomic E-state index is 13.7. The summed E-state index contributed by atoms with van der Waals surface area (Å²) in [5, 5.41) is 13.8. The summed E-state index contributed by atoms with van der Waals surface area (Å²) < 4.78 is 0. The summed E-state index contributed by atoms with van der Waals surface area (Å²) in [4.78, 5) is 54.6. The molecule has 3 aromatic rings. The van der Waals surface area contributed by atoms with E-state index in [1.165, 1.54) is 29.2 Å². The first kappa shape index (κ1) is 21.7. The SMILES string of the molecule is O=C(Nc1ccc([N+](=O)[O-])cc1)C1C2C(=O)N(c3ccccc3)C(=O)C2C2C=Cc3ccccc3N21. The number of hydrogen-bond donors (Lipinski definition) is 1. The number of hydrogen-bond acceptors (Lipinski definition) is 6. The van der Waals surface area contributed by atoms with E-state index in [4.69, 9.17) is 0 Å². The number of nitrogens with zero attached hydrogens (tertiary/aromatic N) is 3. The molecule has 3 aliphatic heterocycles. The van der Waals surface area contributed by atoms with Gasteiger partial charge in [0.05, 0.1) is 28.5 Å². The number of anilines is 3. The van der Waals surface area contributed by atoms with Gasteiger partial charge in [0.15, 0.2) is 0 Å². The van der Waals surface area contributed by atoms with Gasteiger partial charge in [0.2, 0.25) is 17.7 Å². The number of imide groups is 1. The van der Waals surface area contributed by atoms with Crippen LogP contribution in [0.3, 0.4) is 0 Å². The average molecular weight is 480 g/mol. The molecule has 2 fully saturated rings. The molecule has 1 N–H and O–H groups in total. The van der Waals surface area contributed by atoms with Gasteiger partial charge in [0.1, 0.15) is 6.04 Å². The highest BCUT2D eigenvalue weighted by atomic mass is 16.6. The quantitative estimate of drug-likeness (QED) is 0.347. The van der Waals surface area contributed by atoms with E-state index in [0.29, 0.717) is 11.4 Å². The van der Waals surface area contributed by atoms with Gasteiger partial charge in [0.25, 0.3) is 5.69 Å². The van der Waals surface area contributed by atoms with Crippen molar-refractivity contribution in [3.8, 4) is 0 Å². The molecule has 6 rings (SSSR count). The van der Waals surface area contributed by atoms with Crippen LogP contribution in [-0.2, 0) is 14.4 Å². The Morgan fingerprint density at radius 2 is 1.53 bits per heavy atom. The number of benzene rings is 3. The number of nitro groups is 1. The second kappa shape index (κ2) is 8.16. The lowest BCUT2D eigenvalue weighted by molar-refractivity contribution is -0.384. The van der Waals surface area contributed by atoms with Gasteiger partial charge in [-0.2, -0.15) is 0 Å². The number of non-ortho nitro benzene ring substituents is 1. The van der Waals surface area contributed by atoms with Crippen molar-refractivity contribution in [1.82, 2.24) is 0 Å². The van der Waals surface area contributed by atoms with E-state index in [0.717, 1.165) is 11.3 Å². The molecule has 4 atom stereocenters. The van der Waals surface area contributed by atoms with Crippen LogP contribution in [0.4, 0.5) is 22.7 Å². The monoisotopic (exact) mass is 480 g/mol. The first-order valence-corrected chi connectivity index (χ1v) is 11.5. The summed E-state index contributed by atoms with van der Waals surface area (Å²) in [5.41, 5.74) is 2.40. The van der Waals surface area contributed by atoms with E-state index >= 15 is 0 Å². The molecule has 3 heterocycles. The molecule has 0 bridgehead atoms. The number of amides is 3. The van der Waals surface area contributed by atoms with Gasteiger partial charge in [-0.15, -0.1) is 0 Å². The molecular formula is C27H20N4O5. The van der Waals surface area contributed by atoms with Crippen LogP contribution in [0.15, 0.2) is 84.9 Å². The van der Waals surface area contributed by atoms with Gasteiger partial charge >= 0.3 is 0 Å². The Kier molecular flexibility index (Phi) is 4.92. The van der Waals surface area contributed by atoms with Crippen LogP contribution in [0.1, 0.15) is 5.56 Å². The lowest BCUT2D eigenvalue weighted by atomic mass is 9.88. The van der Waals surface area contributed by atoms with Crippen LogP contribution in [0.25, 0.3) is 6.08 Å². The van der Waals surface area contributed by atoms with Crippen molar-refractivity contribution in [2.45, 2.75) is 12.1 Å². The van der Waals surface area contributed by atoms with Crippen molar-refractivity contribution in [3.05, 3.63) is 101 Å². The molecule has 0 aromatic heterocycles. The molecule has 0 aliphatic carbocycles. The number of fused-ring (bicyclic) bond motifs is 5. The Balaban J connectivity index is 1.41. The zero-order chi connectivity index (χ0) is 25.0. The van der Waals surface area contributed by atoms with Gasteiger partial charge in [-0.3, -0.25) is 24.5 Å². The smallest absolute Gasteiger partial charge is 0.269 e. The zero-order valence-corrected chi connectivity index (χ0v) is 18.9. The van der Waals surface area contributed by atoms with Crippen LogP contribution in [0.2, 0.25) is 0 Å². The average Bonchev–Trinajstić information content (AvgIpc) is 3.37. The standard InChI is InChI=1S/C27H20N4O5/c32-25(28-17-11-13-19(14-12-17)31(35)36)24-23-22(21-15-10-16-6-4-5-9-20(16)30(21)24)26(33)29(27(23)34)18-7-2-1-3-8-18/h1-15,21-24H,(H,28,32). The van der Waals surface area contributed by atoms with Crippen LogP contribution in [0.5, 0.6) is 0 Å². The number of nitrogens with one attached hydrogen (secondary N) is 1. The van der Waals surface area contributed by atoms with Gasteiger partial charge < -0.3 is 10.2 Å². The third kappa shape index (κ3) is 3.20. The number of carbonyl (C=O) groups is 3. The molecule has 178 valence electrons. The van der Waals surface area contributed by atoms with Crippen LogP contribution >= 0.6 is 0 Å². The fourth-order valence-electron chi connectivity index (χ4n) is 5.53. The van der Waals surface area contributed by atoms with Crippen molar-refractivity contribution >= 4 is 46.5 Å². The fraction of sp³-hybridized carbons (Fsp3) is 0.148. The highest BCUT2D eigenvalue weighted by molar-refractivity contribution is 6.25. The maximum atomic E-state index is 13.7. The van der Waals surface area contributed by atoms with Crippen molar-refractivity contribution in [2.75, 3.05) is 15.1 Å². The molecule has 0 spiro atoms. The molecule has 3 aromatic carbocycles. The topological polar surface area (TPSA) is 113 Å².